The van der Waals surface area contributed by atoms with E-state index in [0.29, 0.717) is 25.5 Å². The number of aromatic hydroxyl groups is 1. The average Bonchev–Trinajstić information content (AvgIpc) is 2.71. The Hall–Kier alpha value is -2.57. The van der Waals surface area contributed by atoms with Crippen LogP contribution in [0.3, 0.4) is 0 Å². The van der Waals surface area contributed by atoms with E-state index in [1.54, 1.807) is 25.1 Å². The molecule has 1 aliphatic heterocycles. The van der Waals surface area contributed by atoms with Crippen molar-refractivity contribution in [3.05, 3.63) is 60.2 Å². The molecule has 1 fully saturated rings. The van der Waals surface area contributed by atoms with E-state index < -0.39 is 6.04 Å². The Morgan fingerprint density at radius 2 is 1.81 bits per heavy atom. The number of rotatable bonds is 7. The topological polar surface area (TPSA) is 71.0 Å². The molecule has 0 spiro atoms. The maximum absolute atomic E-state index is 12.9. The molecule has 27 heavy (non-hydrogen) atoms. The molecule has 0 unspecified atom stereocenters. The van der Waals surface area contributed by atoms with Gasteiger partial charge in [0.2, 0.25) is 0 Å². The summed E-state index contributed by atoms with van der Waals surface area (Å²) in [5.74, 6) is -0.248. The Morgan fingerprint density at radius 3 is 2.48 bits per heavy atom. The maximum atomic E-state index is 12.9. The zero-order chi connectivity index (χ0) is 19.1. The highest BCUT2D eigenvalue weighted by Gasteiger charge is 2.36. The van der Waals surface area contributed by atoms with Crippen LogP contribution in [0.5, 0.6) is 5.75 Å². The number of phenols is 1. The first-order valence-corrected chi connectivity index (χ1v) is 9.28. The number of esters is 1. The second kappa shape index (κ2) is 9.39. The maximum Gasteiger partial charge on any atom is 0.330 e. The van der Waals surface area contributed by atoms with Crippen LogP contribution in [0.15, 0.2) is 54.6 Å². The molecule has 6 nitrogen and oxygen atoms in total. The molecule has 0 saturated carbocycles. The fraction of sp³-hybridized carbons (Fsp3) is 0.381. The minimum atomic E-state index is -0.668. The molecular weight excluding hydrogens is 344 g/mol. The predicted octanol–water partition coefficient (Wildman–Crippen LogP) is 2.81. The standard InChI is InChI=1S/C21H26N2O4/c1-2-27-21(25)19(22-17-10-6-7-11-18(17)24)20(16-8-4-3-5-9-16)23-12-14-26-15-13-23/h3-11,19-20,22,24H,2,12-15H2,1H3/t19-,20+/m0/s1. The molecule has 2 aromatic carbocycles. The second-order valence-corrected chi connectivity index (χ2v) is 6.40. The van der Waals surface area contributed by atoms with Gasteiger partial charge >= 0.3 is 5.97 Å². The van der Waals surface area contributed by atoms with E-state index in [1.807, 2.05) is 36.4 Å². The molecule has 0 radical (unpaired) electrons. The highest BCUT2D eigenvalue weighted by molar-refractivity contribution is 5.81. The lowest BCUT2D eigenvalue weighted by atomic mass is 9.96. The molecule has 0 aromatic heterocycles. The number of hydrogen-bond acceptors (Lipinski definition) is 6. The molecule has 144 valence electrons. The van der Waals surface area contributed by atoms with Crippen LogP contribution in [0.2, 0.25) is 0 Å². The van der Waals surface area contributed by atoms with Gasteiger partial charge in [0.15, 0.2) is 0 Å². The van der Waals surface area contributed by atoms with Crippen molar-refractivity contribution in [2.75, 3.05) is 38.2 Å². The second-order valence-electron chi connectivity index (χ2n) is 6.40. The summed E-state index contributed by atoms with van der Waals surface area (Å²) in [5.41, 5.74) is 1.52. The predicted molar refractivity (Wildman–Crippen MR) is 104 cm³/mol. The van der Waals surface area contributed by atoms with Gasteiger partial charge in [0.25, 0.3) is 0 Å². The molecule has 2 aromatic rings. The lowest BCUT2D eigenvalue weighted by Crippen LogP contribution is -2.49. The summed E-state index contributed by atoms with van der Waals surface area (Å²) in [6, 6.07) is 15.9. The van der Waals surface area contributed by atoms with Crippen LogP contribution >= 0.6 is 0 Å². The smallest absolute Gasteiger partial charge is 0.330 e. The van der Waals surface area contributed by atoms with Crippen LogP contribution in [0.1, 0.15) is 18.5 Å². The minimum Gasteiger partial charge on any atom is -0.506 e. The zero-order valence-corrected chi connectivity index (χ0v) is 15.5. The highest BCUT2D eigenvalue weighted by atomic mass is 16.5. The van der Waals surface area contributed by atoms with Crippen molar-refractivity contribution in [2.24, 2.45) is 0 Å². The number of morpholine rings is 1. The van der Waals surface area contributed by atoms with E-state index in [1.165, 1.54) is 0 Å². The summed E-state index contributed by atoms with van der Waals surface area (Å²) in [5, 5.41) is 13.4. The first-order chi connectivity index (χ1) is 13.2. The Kier molecular flexibility index (Phi) is 6.68. The number of benzene rings is 2. The van der Waals surface area contributed by atoms with Crippen molar-refractivity contribution in [1.29, 1.82) is 0 Å². The lowest BCUT2D eigenvalue weighted by Gasteiger charge is -2.39. The molecule has 2 atom stereocenters. The molecular formula is C21H26N2O4. The summed E-state index contributed by atoms with van der Waals surface area (Å²) in [4.78, 5) is 15.1. The summed E-state index contributed by atoms with van der Waals surface area (Å²) in [7, 11) is 0. The van der Waals surface area contributed by atoms with Crippen LogP contribution in [0.4, 0.5) is 5.69 Å². The molecule has 0 amide bonds. The summed E-state index contributed by atoms with van der Waals surface area (Å²) >= 11 is 0. The fourth-order valence-electron chi connectivity index (χ4n) is 3.38. The number of nitrogens with one attached hydrogen (secondary N) is 1. The largest absolute Gasteiger partial charge is 0.506 e. The molecule has 0 aliphatic carbocycles. The van der Waals surface area contributed by atoms with Crippen molar-refractivity contribution in [1.82, 2.24) is 4.90 Å². The summed E-state index contributed by atoms with van der Waals surface area (Å²) in [6.45, 7) is 4.77. The molecule has 2 N–H and O–H groups in total. The monoisotopic (exact) mass is 370 g/mol. The van der Waals surface area contributed by atoms with Gasteiger partial charge in [-0.2, -0.15) is 0 Å². The van der Waals surface area contributed by atoms with E-state index in [-0.39, 0.29) is 17.8 Å². The zero-order valence-electron chi connectivity index (χ0n) is 15.5. The third-order valence-corrected chi connectivity index (χ3v) is 4.65. The first-order valence-electron chi connectivity index (χ1n) is 9.28. The third-order valence-electron chi connectivity index (χ3n) is 4.65. The van der Waals surface area contributed by atoms with E-state index in [4.69, 9.17) is 9.47 Å². The van der Waals surface area contributed by atoms with Gasteiger partial charge in [-0.3, -0.25) is 4.90 Å². The number of carbonyl (C=O) groups is 1. The number of carbonyl (C=O) groups excluding carboxylic acids is 1. The highest BCUT2D eigenvalue weighted by Crippen LogP contribution is 2.31. The van der Waals surface area contributed by atoms with Gasteiger partial charge in [-0.25, -0.2) is 4.79 Å². The van der Waals surface area contributed by atoms with Gasteiger partial charge in [-0.15, -0.1) is 0 Å². The van der Waals surface area contributed by atoms with Gasteiger partial charge in [0, 0.05) is 13.1 Å². The molecule has 6 heteroatoms. The fourth-order valence-corrected chi connectivity index (χ4v) is 3.38. The molecule has 1 saturated heterocycles. The first kappa shape index (κ1) is 19.2. The summed E-state index contributed by atoms with van der Waals surface area (Å²) in [6.07, 6.45) is 0. The van der Waals surface area contributed by atoms with Gasteiger partial charge in [-0.05, 0) is 24.6 Å². The van der Waals surface area contributed by atoms with Crippen LogP contribution in [-0.4, -0.2) is 54.9 Å². The SMILES string of the molecule is CCOC(=O)[C@@H](Nc1ccccc1O)[C@@H](c1ccccc1)N1CCOCC1. The minimum absolute atomic E-state index is 0.0978. The molecule has 1 heterocycles. The Morgan fingerprint density at radius 1 is 1.15 bits per heavy atom. The van der Waals surface area contributed by atoms with Gasteiger partial charge in [0.1, 0.15) is 11.8 Å². The van der Waals surface area contributed by atoms with Crippen LogP contribution in [0, 0.1) is 0 Å². The number of anilines is 1. The van der Waals surface area contributed by atoms with E-state index in [2.05, 4.69) is 10.2 Å². The number of hydrogen-bond donors (Lipinski definition) is 2. The number of phenolic OH excluding ortho intramolecular Hbond substituents is 1. The van der Waals surface area contributed by atoms with Gasteiger partial charge in [-0.1, -0.05) is 42.5 Å². The third kappa shape index (κ3) is 4.78. The Balaban J connectivity index is 1.98. The van der Waals surface area contributed by atoms with Crippen LogP contribution in [-0.2, 0) is 14.3 Å². The average molecular weight is 370 g/mol. The molecule has 1 aliphatic rings. The molecule has 3 rings (SSSR count). The molecule has 0 bridgehead atoms. The Labute approximate surface area is 159 Å². The Bertz CT molecular complexity index is 732. The number of para-hydroxylation sites is 2. The number of ether oxygens (including phenoxy) is 2. The van der Waals surface area contributed by atoms with Crippen molar-refractivity contribution in [3.8, 4) is 5.75 Å². The normalized spacial score (nSPS) is 17.1. The van der Waals surface area contributed by atoms with Gasteiger partial charge < -0.3 is 19.9 Å². The quantitative estimate of drug-likeness (QED) is 0.577. The van der Waals surface area contributed by atoms with Crippen LogP contribution in [0.25, 0.3) is 0 Å². The lowest BCUT2D eigenvalue weighted by molar-refractivity contribution is -0.146. The van der Waals surface area contributed by atoms with Gasteiger partial charge in [0.05, 0.1) is 31.5 Å². The van der Waals surface area contributed by atoms with Crippen molar-refractivity contribution >= 4 is 11.7 Å². The van der Waals surface area contributed by atoms with Crippen molar-refractivity contribution in [2.45, 2.75) is 19.0 Å². The summed E-state index contributed by atoms with van der Waals surface area (Å²) < 4.78 is 10.9. The van der Waals surface area contributed by atoms with Crippen molar-refractivity contribution in [3.63, 3.8) is 0 Å². The van der Waals surface area contributed by atoms with E-state index in [0.717, 1.165) is 18.7 Å². The number of nitrogens with zero attached hydrogens (tertiary/aromatic N) is 1. The van der Waals surface area contributed by atoms with E-state index >= 15 is 0 Å². The van der Waals surface area contributed by atoms with Crippen LogP contribution < -0.4 is 5.32 Å². The van der Waals surface area contributed by atoms with E-state index in [9.17, 15) is 9.90 Å². The van der Waals surface area contributed by atoms with Crippen molar-refractivity contribution < 1.29 is 19.4 Å².